The van der Waals surface area contributed by atoms with Crippen LogP contribution in [0.15, 0.2) is 211 Å². The highest BCUT2D eigenvalue weighted by Crippen LogP contribution is 2.43. The monoisotopic (exact) mass is 760 g/mol. The third-order valence-corrected chi connectivity index (χ3v) is 16.3. The van der Waals surface area contributed by atoms with E-state index in [9.17, 15) is 0 Å². The van der Waals surface area contributed by atoms with Crippen molar-refractivity contribution in [2.75, 3.05) is 4.90 Å². The van der Waals surface area contributed by atoms with Gasteiger partial charge in [0.2, 0.25) is 5.95 Å². The summed E-state index contributed by atoms with van der Waals surface area (Å²) >= 11 is 0. The fraction of sp³-hybridized carbons (Fsp3) is 0.0192. The first kappa shape index (κ1) is 33.9. The van der Waals surface area contributed by atoms with Crippen molar-refractivity contribution in [3.63, 3.8) is 0 Å². The van der Waals surface area contributed by atoms with Crippen LogP contribution < -0.4 is 25.6 Å². The Balaban J connectivity index is 1.18. The molecule has 58 heavy (non-hydrogen) atoms. The van der Waals surface area contributed by atoms with E-state index in [0.29, 0.717) is 17.6 Å². The second kappa shape index (κ2) is 14.0. The molecule has 0 N–H and O–H groups in total. The Morgan fingerprint density at radius 1 is 0.431 bits per heavy atom. The zero-order valence-corrected chi connectivity index (χ0v) is 32.5. The zero-order chi connectivity index (χ0) is 38.5. The summed E-state index contributed by atoms with van der Waals surface area (Å²) in [6.07, 6.45) is 0.832. The molecule has 1 aliphatic heterocycles. The average molecular weight is 761 g/mol. The van der Waals surface area contributed by atoms with Crippen molar-refractivity contribution in [1.29, 1.82) is 0 Å². The largest absolute Gasteiger partial charge is 0.455 e. The van der Waals surface area contributed by atoms with Crippen LogP contribution in [0.2, 0.25) is 0 Å². The fourth-order valence-corrected chi connectivity index (χ4v) is 13.7. The average Bonchev–Trinajstić information content (AvgIpc) is 3.69. The number of hydrogen-bond donors (Lipinski definition) is 0. The standard InChI is InChI=1S/C52H36N4OSi/c1-4-21-39(22-5-1)58(40-23-6-2-7-24-40,41-25-8-3-9-26-41)42-27-16-20-38(35-42)50-53-51(45-30-17-29-44-43-28-12-15-33-48(43)57-49(44)45)55-52(54-50)56-46-31-13-10-18-36(46)34-37-19-11-14-32-47(37)56/h1-33,35H,34H2. The number of hydrogen-bond acceptors (Lipinski definition) is 5. The van der Waals surface area contributed by atoms with Crippen LogP contribution in [0.4, 0.5) is 17.3 Å². The number of para-hydroxylation sites is 4. The van der Waals surface area contributed by atoms with Gasteiger partial charge in [0, 0.05) is 22.8 Å². The normalized spacial score (nSPS) is 12.4. The van der Waals surface area contributed by atoms with Crippen LogP contribution in [-0.2, 0) is 6.42 Å². The Hall–Kier alpha value is -7.41. The minimum Gasteiger partial charge on any atom is -0.455 e. The molecule has 0 atom stereocenters. The summed E-state index contributed by atoms with van der Waals surface area (Å²) in [5.74, 6) is 1.69. The van der Waals surface area contributed by atoms with Gasteiger partial charge in [-0.25, -0.2) is 4.98 Å². The number of aromatic nitrogens is 3. The van der Waals surface area contributed by atoms with E-state index >= 15 is 0 Å². The SMILES string of the molecule is c1ccc([Si](c2ccccc2)(c2ccccc2)c2cccc(-c3nc(-c4cccc5c4oc4ccccc45)nc(N4c5ccccc5Cc5ccccc54)n3)c2)cc1. The molecule has 11 rings (SSSR count). The predicted octanol–water partition coefficient (Wildman–Crippen LogP) is 9.86. The third-order valence-electron chi connectivity index (χ3n) is 11.5. The molecule has 274 valence electrons. The molecule has 1 aliphatic rings. The predicted molar refractivity (Wildman–Crippen MR) is 239 cm³/mol. The smallest absolute Gasteiger partial charge is 0.238 e. The molecule has 0 fully saturated rings. The van der Waals surface area contributed by atoms with E-state index in [2.05, 4.69) is 193 Å². The molecule has 0 saturated carbocycles. The van der Waals surface area contributed by atoms with Crippen molar-refractivity contribution in [2.45, 2.75) is 6.42 Å². The lowest BCUT2D eigenvalue weighted by molar-refractivity contribution is 0.669. The van der Waals surface area contributed by atoms with Crippen molar-refractivity contribution in [1.82, 2.24) is 15.0 Å². The molecule has 0 radical (unpaired) electrons. The Morgan fingerprint density at radius 2 is 0.948 bits per heavy atom. The van der Waals surface area contributed by atoms with Crippen LogP contribution in [0.25, 0.3) is 44.7 Å². The molecular formula is C52H36N4OSi. The second-order valence-corrected chi connectivity index (χ2v) is 18.6. The highest BCUT2D eigenvalue weighted by Gasteiger charge is 2.41. The van der Waals surface area contributed by atoms with E-state index in [1.54, 1.807) is 0 Å². The zero-order valence-electron chi connectivity index (χ0n) is 31.5. The van der Waals surface area contributed by atoms with Crippen molar-refractivity contribution >= 4 is 68.1 Å². The van der Waals surface area contributed by atoms with Crippen LogP contribution in [0.5, 0.6) is 0 Å². The molecule has 3 heterocycles. The maximum absolute atomic E-state index is 6.58. The number of fused-ring (bicyclic) bond motifs is 5. The summed E-state index contributed by atoms with van der Waals surface area (Å²) in [5, 5.41) is 7.24. The van der Waals surface area contributed by atoms with E-state index < -0.39 is 8.07 Å². The van der Waals surface area contributed by atoms with E-state index in [0.717, 1.165) is 50.9 Å². The topological polar surface area (TPSA) is 55.1 Å². The molecule has 0 amide bonds. The number of nitrogens with zero attached hydrogens (tertiary/aromatic N) is 4. The lowest BCUT2D eigenvalue weighted by Crippen LogP contribution is -2.74. The van der Waals surface area contributed by atoms with E-state index in [4.69, 9.17) is 19.4 Å². The molecule has 2 aromatic heterocycles. The molecule has 0 unspecified atom stereocenters. The van der Waals surface area contributed by atoms with Crippen LogP contribution in [0.3, 0.4) is 0 Å². The van der Waals surface area contributed by atoms with Gasteiger partial charge < -0.3 is 4.42 Å². The molecule has 0 aliphatic carbocycles. The Labute approximate surface area is 337 Å². The number of benzene rings is 8. The molecule has 6 heteroatoms. The maximum atomic E-state index is 6.58. The summed E-state index contributed by atoms with van der Waals surface area (Å²) in [5.41, 5.74) is 7.87. The summed E-state index contributed by atoms with van der Waals surface area (Å²) < 4.78 is 6.58. The number of anilines is 3. The van der Waals surface area contributed by atoms with Gasteiger partial charge in [0.25, 0.3) is 0 Å². The highest BCUT2D eigenvalue weighted by molar-refractivity contribution is 7.19. The summed E-state index contributed by atoms with van der Waals surface area (Å²) in [6, 6.07) is 73.4. The Morgan fingerprint density at radius 3 is 1.60 bits per heavy atom. The summed E-state index contributed by atoms with van der Waals surface area (Å²) in [6.45, 7) is 0. The van der Waals surface area contributed by atoms with Gasteiger partial charge in [-0.1, -0.05) is 182 Å². The quantitative estimate of drug-likeness (QED) is 0.120. The first-order chi connectivity index (χ1) is 28.8. The molecule has 0 saturated heterocycles. The molecule has 5 nitrogen and oxygen atoms in total. The maximum Gasteiger partial charge on any atom is 0.238 e. The van der Waals surface area contributed by atoms with E-state index in [-0.39, 0.29) is 0 Å². The number of furan rings is 1. The van der Waals surface area contributed by atoms with Gasteiger partial charge in [-0.05, 0) is 56.1 Å². The molecule has 0 spiro atoms. The minimum atomic E-state index is -2.83. The highest BCUT2D eigenvalue weighted by atomic mass is 28.3. The van der Waals surface area contributed by atoms with Crippen LogP contribution in [0.1, 0.15) is 11.1 Å². The summed E-state index contributed by atoms with van der Waals surface area (Å²) in [7, 11) is -2.83. The van der Waals surface area contributed by atoms with Gasteiger partial charge in [0.05, 0.1) is 16.9 Å². The van der Waals surface area contributed by atoms with Crippen molar-refractivity contribution in [2.24, 2.45) is 0 Å². The lowest BCUT2D eigenvalue weighted by Gasteiger charge is -2.34. The van der Waals surface area contributed by atoms with Crippen molar-refractivity contribution in [3.8, 4) is 22.8 Å². The van der Waals surface area contributed by atoms with Crippen LogP contribution >= 0.6 is 0 Å². The molecular weight excluding hydrogens is 725 g/mol. The van der Waals surface area contributed by atoms with E-state index in [1.165, 1.54) is 31.9 Å². The minimum absolute atomic E-state index is 0.549. The van der Waals surface area contributed by atoms with Gasteiger partial charge >= 0.3 is 0 Å². The van der Waals surface area contributed by atoms with Crippen molar-refractivity contribution in [3.05, 3.63) is 217 Å². The van der Waals surface area contributed by atoms with Crippen LogP contribution in [-0.4, -0.2) is 23.0 Å². The van der Waals surface area contributed by atoms with Gasteiger partial charge in [-0.3, -0.25) is 4.90 Å². The van der Waals surface area contributed by atoms with Gasteiger partial charge in [0.1, 0.15) is 11.2 Å². The fourth-order valence-electron chi connectivity index (χ4n) is 8.90. The molecule has 8 aromatic carbocycles. The Kier molecular flexibility index (Phi) is 8.15. The summed E-state index contributed by atoms with van der Waals surface area (Å²) in [4.78, 5) is 18.3. The number of rotatable bonds is 7. The van der Waals surface area contributed by atoms with Crippen LogP contribution in [0, 0.1) is 0 Å². The van der Waals surface area contributed by atoms with Gasteiger partial charge in [0.15, 0.2) is 19.7 Å². The molecule has 0 bridgehead atoms. The Bertz CT molecular complexity index is 2970. The van der Waals surface area contributed by atoms with Crippen molar-refractivity contribution < 1.29 is 4.42 Å². The second-order valence-electron chi connectivity index (χ2n) is 14.8. The third kappa shape index (κ3) is 5.49. The van der Waals surface area contributed by atoms with Gasteiger partial charge in [-0.15, -0.1) is 0 Å². The first-order valence-corrected chi connectivity index (χ1v) is 21.7. The molecule has 10 aromatic rings. The lowest BCUT2D eigenvalue weighted by atomic mass is 9.96. The van der Waals surface area contributed by atoms with E-state index in [1.807, 2.05) is 18.2 Å². The first-order valence-electron chi connectivity index (χ1n) is 19.7. The van der Waals surface area contributed by atoms with Gasteiger partial charge in [-0.2, -0.15) is 9.97 Å².